The second kappa shape index (κ2) is 7.70. The van der Waals surface area contributed by atoms with Gasteiger partial charge in [0.25, 0.3) is 11.6 Å². The maximum absolute atomic E-state index is 12.1. The summed E-state index contributed by atoms with van der Waals surface area (Å²) in [5, 5.41) is 11.1. The van der Waals surface area contributed by atoms with Crippen LogP contribution in [0.2, 0.25) is 0 Å². The molecule has 0 saturated heterocycles. The highest BCUT2D eigenvalue weighted by Crippen LogP contribution is 2.26. The summed E-state index contributed by atoms with van der Waals surface area (Å²) >= 11 is 0. The standard InChI is InChI=1S/C19H15N3O6/c1-11-14(3-2-4-16(11)22(25)26)18-21-15(19(24)28-18)9-12-5-7-13(8-6-12)27-10-17(20)23/h2-9H,10H2,1H3,(H2,20,23)/b15-9-. The first-order valence-electron chi connectivity index (χ1n) is 8.13. The van der Waals surface area contributed by atoms with Crippen molar-refractivity contribution in [2.24, 2.45) is 10.7 Å². The van der Waals surface area contributed by atoms with Crippen molar-refractivity contribution in [2.45, 2.75) is 6.92 Å². The highest BCUT2D eigenvalue weighted by atomic mass is 16.6. The van der Waals surface area contributed by atoms with Crippen LogP contribution in [0.25, 0.3) is 6.08 Å². The molecule has 1 aliphatic heterocycles. The molecule has 0 unspecified atom stereocenters. The van der Waals surface area contributed by atoms with Crippen molar-refractivity contribution in [1.29, 1.82) is 0 Å². The molecule has 28 heavy (non-hydrogen) atoms. The van der Waals surface area contributed by atoms with Gasteiger partial charge in [-0.15, -0.1) is 0 Å². The number of hydrogen-bond acceptors (Lipinski definition) is 7. The minimum Gasteiger partial charge on any atom is -0.484 e. The molecule has 2 aromatic rings. The molecule has 0 radical (unpaired) electrons. The number of hydrogen-bond donors (Lipinski definition) is 1. The van der Waals surface area contributed by atoms with Gasteiger partial charge in [0.1, 0.15) is 5.75 Å². The van der Waals surface area contributed by atoms with Crippen LogP contribution in [0.15, 0.2) is 53.2 Å². The molecule has 1 amide bonds. The van der Waals surface area contributed by atoms with Crippen LogP contribution in [0.4, 0.5) is 5.69 Å². The lowest BCUT2D eigenvalue weighted by molar-refractivity contribution is -0.385. The van der Waals surface area contributed by atoms with E-state index in [4.69, 9.17) is 15.2 Å². The first-order chi connectivity index (χ1) is 13.3. The van der Waals surface area contributed by atoms with Crippen LogP contribution in [-0.2, 0) is 14.3 Å². The Morgan fingerprint density at radius 2 is 2.00 bits per heavy atom. The number of nitro benzene ring substituents is 1. The third-order valence-corrected chi connectivity index (χ3v) is 3.92. The molecule has 0 atom stereocenters. The molecule has 0 spiro atoms. The maximum atomic E-state index is 12.1. The number of nitro groups is 1. The van der Waals surface area contributed by atoms with Gasteiger partial charge in [-0.05, 0) is 36.8 Å². The second-order valence-corrected chi connectivity index (χ2v) is 5.87. The lowest BCUT2D eigenvalue weighted by Gasteiger charge is -2.04. The SMILES string of the molecule is Cc1c(C2=N/C(=C\c3ccc(OCC(N)=O)cc3)C(=O)O2)cccc1[N+](=O)[O-]. The van der Waals surface area contributed by atoms with E-state index >= 15 is 0 Å². The third-order valence-electron chi connectivity index (χ3n) is 3.92. The zero-order valence-electron chi connectivity index (χ0n) is 14.7. The molecule has 2 aromatic carbocycles. The fraction of sp³-hybridized carbons (Fsp3) is 0.105. The van der Waals surface area contributed by atoms with E-state index in [2.05, 4.69) is 4.99 Å². The number of esters is 1. The van der Waals surface area contributed by atoms with Crippen LogP contribution in [0.1, 0.15) is 16.7 Å². The van der Waals surface area contributed by atoms with Gasteiger partial charge in [-0.1, -0.05) is 18.2 Å². The van der Waals surface area contributed by atoms with Gasteiger partial charge in [0.05, 0.1) is 4.92 Å². The van der Waals surface area contributed by atoms with E-state index in [0.29, 0.717) is 22.4 Å². The van der Waals surface area contributed by atoms with E-state index in [1.807, 2.05) is 0 Å². The quantitative estimate of drug-likeness (QED) is 0.352. The topological polar surface area (TPSA) is 134 Å². The van der Waals surface area contributed by atoms with Gasteiger partial charge in [0, 0.05) is 17.2 Å². The van der Waals surface area contributed by atoms with Crippen LogP contribution in [0.3, 0.4) is 0 Å². The fourth-order valence-electron chi connectivity index (χ4n) is 2.55. The number of primary amides is 1. The third kappa shape index (κ3) is 4.04. The summed E-state index contributed by atoms with van der Waals surface area (Å²) in [5.74, 6) is -0.779. The Bertz CT molecular complexity index is 1020. The number of amides is 1. The van der Waals surface area contributed by atoms with Crippen molar-refractivity contribution in [3.63, 3.8) is 0 Å². The summed E-state index contributed by atoms with van der Waals surface area (Å²) in [5.41, 5.74) is 6.38. The van der Waals surface area contributed by atoms with Gasteiger partial charge >= 0.3 is 5.97 Å². The number of nitrogens with zero attached hydrogens (tertiary/aromatic N) is 2. The smallest absolute Gasteiger partial charge is 0.363 e. The lowest BCUT2D eigenvalue weighted by Crippen LogP contribution is -2.19. The van der Waals surface area contributed by atoms with E-state index in [-0.39, 0.29) is 23.9 Å². The first-order valence-corrected chi connectivity index (χ1v) is 8.13. The van der Waals surface area contributed by atoms with E-state index in [1.54, 1.807) is 37.3 Å². The minimum atomic E-state index is -0.657. The van der Waals surface area contributed by atoms with Crippen LogP contribution in [0, 0.1) is 17.0 Å². The van der Waals surface area contributed by atoms with E-state index in [1.165, 1.54) is 18.2 Å². The Hall–Kier alpha value is -4.01. The second-order valence-electron chi connectivity index (χ2n) is 5.87. The lowest BCUT2D eigenvalue weighted by atomic mass is 10.1. The van der Waals surface area contributed by atoms with Crippen LogP contribution in [0.5, 0.6) is 5.75 Å². The molecule has 1 aliphatic rings. The van der Waals surface area contributed by atoms with Gasteiger partial charge in [-0.25, -0.2) is 9.79 Å². The number of benzene rings is 2. The van der Waals surface area contributed by atoms with Crippen LogP contribution in [-0.4, -0.2) is 29.3 Å². The summed E-state index contributed by atoms with van der Waals surface area (Å²) in [6.07, 6.45) is 1.51. The van der Waals surface area contributed by atoms with Crippen molar-refractivity contribution >= 4 is 29.5 Å². The average molecular weight is 381 g/mol. The molecule has 0 aliphatic carbocycles. The maximum Gasteiger partial charge on any atom is 0.363 e. The Kier molecular flexibility index (Phi) is 5.16. The molecule has 142 valence electrons. The molecule has 0 saturated carbocycles. The van der Waals surface area contributed by atoms with Crippen LogP contribution < -0.4 is 10.5 Å². The van der Waals surface area contributed by atoms with Gasteiger partial charge in [0.2, 0.25) is 5.90 Å². The Labute approximate surface area is 159 Å². The summed E-state index contributed by atoms with van der Waals surface area (Å²) in [6, 6.07) is 11.0. The minimum absolute atomic E-state index is 0.0128. The summed E-state index contributed by atoms with van der Waals surface area (Å²) in [6.45, 7) is 1.33. The van der Waals surface area contributed by atoms with Crippen molar-refractivity contribution in [3.8, 4) is 5.75 Å². The molecule has 9 heteroatoms. The van der Waals surface area contributed by atoms with E-state index < -0.39 is 16.8 Å². The normalized spacial score (nSPS) is 14.5. The molecule has 9 nitrogen and oxygen atoms in total. The van der Waals surface area contributed by atoms with E-state index in [9.17, 15) is 19.7 Å². The Morgan fingerprint density at radius 1 is 1.29 bits per heavy atom. The molecular formula is C19H15N3O6. The number of carbonyl (C=O) groups is 2. The molecular weight excluding hydrogens is 366 g/mol. The van der Waals surface area contributed by atoms with E-state index in [0.717, 1.165) is 0 Å². The number of ether oxygens (including phenoxy) is 2. The summed E-state index contributed by atoms with van der Waals surface area (Å²) < 4.78 is 10.3. The average Bonchev–Trinajstić information content (AvgIpc) is 3.01. The van der Waals surface area contributed by atoms with Gasteiger partial charge in [-0.3, -0.25) is 14.9 Å². The Morgan fingerprint density at radius 3 is 2.64 bits per heavy atom. The predicted molar refractivity (Wildman–Crippen MR) is 99.6 cm³/mol. The largest absolute Gasteiger partial charge is 0.484 e. The Balaban J connectivity index is 1.85. The number of cyclic esters (lactones) is 1. The number of aliphatic imine (C=N–C) groups is 1. The van der Waals surface area contributed by atoms with Gasteiger partial charge < -0.3 is 15.2 Å². The van der Waals surface area contributed by atoms with Crippen molar-refractivity contribution in [3.05, 3.63) is 75.0 Å². The van der Waals surface area contributed by atoms with Gasteiger partial charge in [-0.2, -0.15) is 0 Å². The monoisotopic (exact) mass is 381 g/mol. The zero-order valence-corrected chi connectivity index (χ0v) is 14.7. The summed E-state index contributed by atoms with van der Waals surface area (Å²) in [4.78, 5) is 37.6. The molecule has 0 bridgehead atoms. The van der Waals surface area contributed by atoms with Crippen molar-refractivity contribution in [2.75, 3.05) is 6.61 Å². The number of rotatable bonds is 6. The first kappa shape index (κ1) is 18.8. The molecule has 2 N–H and O–H groups in total. The fourth-order valence-corrected chi connectivity index (χ4v) is 2.55. The molecule has 0 aromatic heterocycles. The molecule has 3 rings (SSSR count). The zero-order chi connectivity index (χ0) is 20.3. The van der Waals surface area contributed by atoms with Crippen LogP contribution >= 0.6 is 0 Å². The number of nitrogens with two attached hydrogens (primary N) is 1. The highest BCUT2D eigenvalue weighted by Gasteiger charge is 2.27. The molecule has 1 heterocycles. The number of carbonyl (C=O) groups excluding carboxylic acids is 2. The molecule has 0 fully saturated rings. The predicted octanol–water partition coefficient (Wildman–Crippen LogP) is 2.11. The summed E-state index contributed by atoms with van der Waals surface area (Å²) in [7, 11) is 0. The van der Waals surface area contributed by atoms with Crippen molar-refractivity contribution < 1.29 is 24.0 Å². The highest BCUT2D eigenvalue weighted by molar-refractivity contribution is 6.13. The van der Waals surface area contributed by atoms with Crippen molar-refractivity contribution in [1.82, 2.24) is 0 Å². The van der Waals surface area contributed by atoms with Gasteiger partial charge in [0.15, 0.2) is 12.3 Å².